The average Bonchev–Trinajstić information content (AvgIpc) is 2.08. The van der Waals surface area contributed by atoms with Crippen molar-refractivity contribution in [1.82, 2.24) is 4.90 Å². The molecule has 13 heavy (non-hydrogen) atoms. The predicted molar refractivity (Wildman–Crippen MR) is 60.1 cm³/mol. The van der Waals surface area contributed by atoms with Crippen LogP contribution in [-0.4, -0.2) is 36.2 Å². The van der Waals surface area contributed by atoms with Gasteiger partial charge in [-0.05, 0) is 46.8 Å². The second kappa shape index (κ2) is 11.9. The number of rotatable bonds is 0. The topological polar surface area (TPSA) is 23.5 Å². The molecule has 0 aromatic heterocycles. The fourth-order valence-electron chi connectivity index (χ4n) is 1.05. The average molecular weight is 189 g/mol. The van der Waals surface area contributed by atoms with E-state index in [1.54, 1.807) is 13.8 Å². The first kappa shape index (κ1) is 15.4. The highest BCUT2D eigenvalue weighted by atomic mass is 16.3. The van der Waals surface area contributed by atoms with Gasteiger partial charge in [-0.3, -0.25) is 0 Å². The number of hydrogen-bond donors (Lipinski definition) is 1. The van der Waals surface area contributed by atoms with E-state index in [2.05, 4.69) is 11.9 Å². The summed E-state index contributed by atoms with van der Waals surface area (Å²) in [7, 11) is 2.19. The maximum Gasteiger partial charge on any atom is 0.0483 e. The minimum atomic E-state index is -0.167. The van der Waals surface area contributed by atoms with Crippen LogP contribution in [0.3, 0.4) is 0 Å². The number of hydrogen-bond acceptors (Lipinski definition) is 2. The SMILES string of the molecule is CC.CC(C)O.CN1CCCCC1. The van der Waals surface area contributed by atoms with E-state index in [4.69, 9.17) is 5.11 Å². The maximum atomic E-state index is 8.06. The van der Waals surface area contributed by atoms with Crippen molar-refractivity contribution < 1.29 is 5.11 Å². The number of piperidine rings is 1. The molecule has 2 nitrogen and oxygen atoms in total. The molecule has 82 valence electrons. The van der Waals surface area contributed by atoms with Crippen LogP contribution in [0.1, 0.15) is 47.0 Å². The Balaban J connectivity index is 0. The van der Waals surface area contributed by atoms with Gasteiger partial charge in [-0.15, -0.1) is 0 Å². The summed E-state index contributed by atoms with van der Waals surface area (Å²) in [6.45, 7) is 10.1. The Labute approximate surface area is 83.9 Å². The molecule has 0 amide bonds. The van der Waals surface area contributed by atoms with Gasteiger partial charge in [-0.25, -0.2) is 0 Å². The molecule has 0 atom stereocenters. The van der Waals surface area contributed by atoms with E-state index >= 15 is 0 Å². The van der Waals surface area contributed by atoms with Crippen LogP contribution < -0.4 is 0 Å². The Kier molecular flexibility index (Phi) is 14.1. The van der Waals surface area contributed by atoms with Crippen LogP contribution in [0.25, 0.3) is 0 Å². The molecule has 0 spiro atoms. The maximum absolute atomic E-state index is 8.06. The lowest BCUT2D eigenvalue weighted by molar-refractivity contribution is 0.216. The number of aliphatic hydroxyl groups is 1. The van der Waals surface area contributed by atoms with Crippen molar-refractivity contribution in [1.29, 1.82) is 0 Å². The first-order valence-corrected chi connectivity index (χ1v) is 5.49. The Bertz CT molecular complexity index is 75.4. The molecule has 0 aliphatic carbocycles. The first-order valence-electron chi connectivity index (χ1n) is 5.49. The summed E-state index contributed by atoms with van der Waals surface area (Å²) in [6, 6.07) is 0. The van der Waals surface area contributed by atoms with E-state index < -0.39 is 0 Å². The van der Waals surface area contributed by atoms with Crippen molar-refractivity contribution in [3.63, 3.8) is 0 Å². The van der Waals surface area contributed by atoms with Crippen LogP contribution >= 0.6 is 0 Å². The van der Waals surface area contributed by atoms with Gasteiger partial charge in [0, 0.05) is 6.10 Å². The molecule has 0 aromatic rings. The molecule has 0 unspecified atom stereocenters. The van der Waals surface area contributed by atoms with Gasteiger partial charge in [0.1, 0.15) is 0 Å². The van der Waals surface area contributed by atoms with Crippen molar-refractivity contribution in [2.45, 2.75) is 53.1 Å². The molecule has 1 saturated heterocycles. The molecular weight excluding hydrogens is 162 g/mol. The zero-order valence-electron chi connectivity index (χ0n) is 10.0. The van der Waals surface area contributed by atoms with Gasteiger partial charge in [0.25, 0.3) is 0 Å². The third-order valence-electron chi connectivity index (χ3n) is 1.58. The van der Waals surface area contributed by atoms with Crippen molar-refractivity contribution in [3.05, 3.63) is 0 Å². The Hall–Kier alpha value is -0.0800. The summed E-state index contributed by atoms with van der Waals surface area (Å²) in [5.41, 5.74) is 0. The summed E-state index contributed by atoms with van der Waals surface area (Å²) in [4.78, 5) is 2.39. The van der Waals surface area contributed by atoms with Gasteiger partial charge >= 0.3 is 0 Å². The van der Waals surface area contributed by atoms with E-state index in [9.17, 15) is 0 Å². The standard InChI is InChI=1S/C6H13N.C3H8O.C2H6/c1-7-5-3-2-4-6-7;1-3(2)4;1-2/h2-6H2,1H3;3-4H,1-2H3;1-2H3. The van der Waals surface area contributed by atoms with Crippen molar-refractivity contribution in [3.8, 4) is 0 Å². The smallest absolute Gasteiger partial charge is 0.0483 e. The lowest BCUT2D eigenvalue weighted by Gasteiger charge is -2.20. The van der Waals surface area contributed by atoms with E-state index in [1.165, 1.54) is 32.4 Å². The molecule has 0 bridgehead atoms. The summed E-state index contributed by atoms with van der Waals surface area (Å²) in [5.74, 6) is 0. The Morgan fingerprint density at radius 3 is 1.46 bits per heavy atom. The second-order valence-corrected chi connectivity index (χ2v) is 3.46. The summed E-state index contributed by atoms with van der Waals surface area (Å²) >= 11 is 0. The quantitative estimate of drug-likeness (QED) is 0.633. The zero-order valence-corrected chi connectivity index (χ0v) is 10.0. The van der Waals surface area contributed by atoms with Crippen LogP contribution in [0.2, 0.25) is 0 Å². The zero-order chi connectivity index (χ0) is 10.7. The van der Waals surface area contributed by atoms with E-state index in [0.717, 1.165) is 0 Å². The van der Waals surface area contributed by atoms with E-state index in [1.807, 2.05) is 13.8 Å². The highest BCUT2D eigenvalue weighted by Crippen LogP contribution is 2.04. The lowest BCUT2D eigenvalue weighted by atomic mass is 10.1. The number of nitrogens with zero attached hydrogens (tertiary/aromatic N) is 1. The van der Waals surface area contributed by atoms with E-state index in [-0.39, 0.29) is 6.10 Å². The molecule has 2 heteroatoms. The van der Waals surface area contributed by atoms with Gasteiger partial charge in [0.2, 0.25) is 0 Å². The minimum absolute atomic E-state index is 0.167. The summed E-state index contributed by atoms with van der Waals surface area (Å²) in [5, 5.41) is 8.06. The van der Waals surface area contributed by atoms with Gasteiger partial charge < -0.3 is 10.0 Å². The number of aliphatic hydroxyl groups excluding tert-OH is 1. The first-order chi connectivity index (χ1) is 6.13. The molecule has 0 radical (unpaired) electrons. The molecule has 1 fully saturated rings. The van der Waals surface area contributed by atoms with Crippen LogP contribution in [0.15, 0.2) is 0 Å². The molecule has 1 N–H and O–H groups in total. The van der Waals surface area contributed by atoms with Crippen LogP contribution in [0.5, 0.6) is 0 Å². The molecular formula is C11H27NO. The molecule has 0 saturated carbocycles. The largest absolute Gasteiger partial charge is 0.394 e. The molecule has 0 aromatic carbocycles. The highest BCUT2D eigenvalue weighted by Gasteiger charge is 2.02. The van der Waals surface area contributed by atoms with Crippen LogP contribution in [-0.2, 0) is 0 Å². The van der Waals surface area contributed by atoms with Gasteiger partial charge in [0.05, 0.1) is 0 Å². The fraction of sp³-hybridized carbons (Fsp3) is 1.00. The molecule has 1 rings (SSSR count). The fourth-order valence-corrected chi connectivity index (χ4v) is 1.05. The monoisotopic (exact) mass is 189 g/mol. The molecule has 1 heterocycles. The highest BCUT2D eigenvalue weighted by molar-refractivity contribution is 4.58. The predicted octanol–water partition coefficient (Wildman–Crippen LogP) is 2.52. The van der Waals surface area contributed by atoms with Gasteiger partial charge in [-0.1, -0.05) is 20.3 Å². The summed E-state index contributed by atoms with van der Waals surface area (Å²) in [6.07, 6.45) is 4.11. The van der Waals surface area contributed by atoms with Crippen molar-refractivity contribution in [2.24, 2.45) is 0 Å². The molecule has 1 aliphatic rings. The van der Waals surface area contributed by atoms with Crippen molar-refractivity contribution >= 4 is 0 Å². The van der Waals surface area contributed by atoms with Gasteiger partial charge in [-0.2, -0.15) is 0 Å². The lowest BCUT2D eigenvalue weighted by Crippen LogP contribution is -2.24. The Morgan fingerprint density at radius 1 is 1.00 bits per heavy atom. The van der Waals surface area contributed by atoms with E-state index in [0.29, 0.717) is 0 Å². The van der Waals surface area contributed by atoms with Gasteiger partial charge in [0.15, 0.2) is 0 Å². The summed E-state index contributed by atoms with van der Waals surface area (Å²) < 4.78 is 0. The molecule has 1 aliphatic heterocycles. The number of likely N-dealkylation sites (tertiary alicyclic amines) is 1. The van der Waals surface area contributed by atoms with Crippen molar-refractivity contribution in [2.75, 3.05) is 20.1 Å². The van der Waals surface area contributed by atoms with Crippen LogP contribution in [0.4, 0.5) is 0 Å². The normalized spacial score (nSPS) is 16.8. The van der Waals surface area contributed by atoms with Crippen LogP contribution in [0, 0.1) is 0 Å². The second-order valence-electron chi connectivity index (χ2n) is 3.46. The minimum Gasteiger partial charge on any atom is -0.394 e. The Morgan fingerprint density at radius 2 is 1.31 bits per heavy atom. The third-order valence-corrected chi connectivity index (χ3v) is 1.58. The third kappa shape index (κ3) is 18.7.